The molecule has 1 aliphatic rings. The Balaban J connectivity index is 1.93. The number of benzene rings is 1. The summed E-state index contributed by atoms with van der Waals surface area (Å²) in [6.45, 7) is 2.79. The van der Waals surface area contributed by atoms with E-state index in [0.29, 0.717) is 24.4 Å². The Morgan fingerprint density at radius 3 is 2.42 bits per heavy atom. The SMILES string of the molecule is CC(CSC(=O)c1ccccc1)C(=O)N(CC(=O)O)N1CCCC1. The van der Waals surface area contributed by atoms with Crippen molar-refractivity contribution in [3.8, 4) is 0 Å². The molecular weight excluding hydrogens is 328 g/mol. The number of carboxylic acids is 1. The number of thioether (sulfide) groups is 1. The third-order valence-electron chi connectivity index (χ3n) is 3.86. The van der Waals surface area contributed by atoms with Crippen molar-refractivity contribution in [2.24, 2.45) is 5.92 Å². The lowest BCUT2D eigenvalue weighted by atomic mass is 10.2. The first-order valence-corrected chi connectivity index (χ1v) is 8.98. The second kappa shape index (κ2) is 8.84. The van der Waals surface area contributed by atoms with E-state index < -0.39 is 11.9 Å². The molecular formula is C17H22N2O4S. The number of carboxylic acid groups (broad SMARTS) is 1. The van der Waals surface area contributed by atoms with Crippen LogP contribution in [-0.4, -0.2) is 57.5 Å². The number of hydrazine groups is 1. The highest BCUT2D eigenvalue weighted by molar-refractivity contribution is 8.14. The van der Waals surface area contributed by atoms with Crippen LogP contribution in [0.15, 0.2) is 30.3 Å². The summed E-state index contributed by atoms with van der Waals surface area (Å²) in [5, 5.41) is 12.1. The average molecular weight is 350 g/mol. The van der Waals surface area contributed by atoms with Gasteiger partial charge in [-0.05, 0) is 12.8 Å². The van der Waals surface area contributed by atoms with Crippen LogP contribution in [0.3, 0.4) is 0 Å². The Kier molecular flexibility index (Phi) is 6.81. The highest BCUT2D eigenvalue weighted by atomic mass is 32.2. The summed E-state index contributed by atoms with van der Waals surface area (Å²) in [7, 11) is 0. The number of hydrogen-bond donors (Lipinski definition) is 1. The molecule has 1 amide bonds. The molecule has 1 saturated heterocycles. The summed E-state index contributed by atoms with van der Waals surface area (Å²) >= 11 is 1.09. The van der Waals surface area contributed by atoms with Gasteiger partial charge in [-0.3, -0.25) is 19.4 Å². The highest BCUT2D eigenvalue weighted by Crippen LogP contribution is 2.19. The summed E-state index contributed by atoms with van der Waals surface area (Å²) in [6, 6.07) is 8.91. The second-order valence-corrected chi connectivity index (χ2v) is 6.81. The molecule has 0 radical (unpaired) electrons. The molecule has 0 aliphatic carbocycles. The number of amides is 1. The Hall–Kier alpha value is -1.86. The van der Waals surface area contributed by atoms with E-state index >= 15 is 0 Å². The fourth-order valence-corrected chi connectivity index (χ4v) is 3.42. The number of nitrogens with zero attached hydrogens (tertiary/aromatic N) is 2. The molecule has 0 saturated carbocycles. The molecule has 0 bridgehead atoms. The average Bonchev–Trinajstić information content (AvgIpc) is 3.11. The van der Waals surface area contributed by atoms with Crippen molar-refractivity contribution in [1.29, 1.82) is 0 Å². The Morgan fingerprint density at radius 1 is 1.21 bits per heavy atom. The van der Waals surface area contributed by atoms with Crippen LogP contribution in [0, 0.1) is 5.92 Å². The van der Waals surface area contributed by atoms with Gasteiger partial charge in [-0.2, -0.15) is 0 Å². The van der Waals surface area contributed by atoms with E-state index in [1.807, 2.05) is 6.07 Å². The Labute approximate surface area is 145 Å². The Bertz CT molecular complexity index is 588. The van der Waals surface area contributed by atoms with Gasteiger partial charge < -0.3 is 5.11 Å². The normalized spacial score (nSPS) is 15.9. The van der Waals surface area contributed by atoms with Gasteiger partial charge in [0.15, 0.2) is 0 Å². The summed E-state index contributed by atoms with van der Waals surface area (Å²) in [5.74, 6) is -1.37. The molecule has 1 N–H and O–H groups in total. The second-order valence-electron chi connectivity index (χ2n) is 5.82. The maximum Gasteiger partial charge on any atom is 0.324 e. The first-order chi connectivity index (χ1) is 11.5. The van der Waals surface area contributed by atoms with Gasteiger partial charge in [0.05, 0.1) is 0 Å². The monoisotopic (exact) mass is 350 g/mol. The molecule has 24 heavy (non-hydrogen) atoms. The molecule has 1 heterocycles. The van der Waals surface area contributed by atoms with Crippen molar-refractivity contribution in [2.75, 3.05) is 25.4 Å². The molecule has 1 aromatic carbocycles. The van der Waals surface area contributed by atoms with Gasteiger partial charge in [0.2, 0.25) is 11.0 Å². The zero-order chi connectivity index (χ0) is 17.5. The quantitative estimate of drug-likeness (QED) is 0.812. The van der Waals surface area contributed by atoms with Crippen LogP contribution >= 0.6 is 11.8 Å². The minimum absolute atomic E-state index is 0.0822. The van der Waals surface area contributed by atoms with Crippen LogP contribution in [0.1, 0.15) is 30.1 Å². The molecule has 2 rings (SSSR count). The molecule has 0 spiro atoms. The molecule has 1 aliphatic heterocycles. The molecule has 6 nitrogen and oxygen atoms in total. The van der Waals surface area contributed by atoms with Crippen LogP contribution in [0.2, 0.25) is 0 Å². The fourth-order valence-electron chi connectivity index (χ4n) is 2.57. The van der Waals surface area contributed by atoms with E-state index in [2.05, 4.69) is 0 Å². The minimum atomic E-state index is -1.03. The third kappa shape index (κ3) is 5.07. The van der Waals surface area contributed by atoms with Gasteiger partial charge in [0.1, 0.15) is 6.54 Å². The first kappa shape index (κ1) is 18.5. The van der Waals surface area contributed by atoms with Crippen molar-refractivity contribution in [1.82, 2.24) is 10.0 Å². The zero-order valence-electron chi connectivity index (χ0n) is 13.7. The molecule has 1 unspecified atom stereocenters. The van der Waals surface area contributed by atoms with Gasteiger partial charge in [-0.15, -0.1) is 0 Å². The smallest absolute Gasteiger partial charge is 0.324 e. The highest BCUT2D eigenvalue weighted by Gasteiger charge is 2.29. The van der Waals surface area contributed by atoms with Gasteiger partial charge >= 0.3 is 5.97 Å². The van der Waals surface area contributed by atoms with Gasteiger partial charge in [-0.25, -0.2) is 5.01 Å². The van der Waals surface area contributed by atoms with Crippen molar-refractivity contribution < 1.29 is 19.5 Å². The topological polar surface area (TPSA) is 77.9 Å². The van der Waals surface area contributed by atoms with E-state index in [9.17, 15) is 14.4 Å². The van der Waals surface area contributed by atoms with Crippen molar-refractivity contribution in [2.45, 2.75) is 19.8 Å². The number of rotatable bonds is 7. The third-order valence-corrected chi connectivity index (χ3v) is 5.02. The maximum absolute atomic E-state index is 12.6. The van der Waals surface area contributed by atoms with E-state index in [0.717, 1.165) is 24.6 Å². The number of aliphatic carboxylic acids is 1. The predicted octanol–water partition coefficient (Wildman–Crippen LogP) is 2.12. The molecule has 1 atom stereocenters. The zero-order valence-corrected chi connectivity index (χ0v) is 14.5. The van der Waals surface area contributed by atoms with Crippen LogP contribution < -0.4 is 0 Å². The van der Waals surface area contributed by atoms with E-state index in [-0.39, 0.29) is 17.6 Å². The van der Waals surface area contributed by atoms with Crippen molar-refractivity contribution in [3.63, 3.8) is 0 Å². The fraction of sp³-hybridized carbons (Fsp3) is 0.471. The standard InChI is InChI=1S/C17H22N2O4S/c1-13(12-24-17(23)14-7-3-2-4-8-14)16(22)19(11-15(20)21)18-9-5-6-10-18/h2-4,7-8,13H,5-6,9-12H2,1H3,(H,20,21). The molecule has 1 aromatic rings. The lowest BCUT2D eigenvalue weighted by Gasteiger charge is -2.32. The summed E-state index contributed by atoms with van der Waals surface area (Å²) < 4.78 is 0. The van der Waals surface area contributed by atoms with E-state index in [1.165, 1.54) is 5.01 Å². The molecule has 1 fully saturated rings. The van der Waals surface area contributed by atoms with Crippen LogP contribution in [0.4, 0.5) is 0 Å². The lowest BCUT2D eigenvalue weighted by molar-refractivity contribution is -0.160. The van der Waals surface area contributed by atoms with E-state index in [1.54, 1.807) is 36.2 Å². The van der Waals surface area contributed by atoms with Gasteiger partial charge in [0.25, 0.3) is 0 Å². The largest absolute Gasteiger partial charge is 0.480 e. The van der Waals surface area contributed by atoms with Crippen molar-refractivity contribution in [3.05, 3.63) is 35.9 Å². The minimum Gasteiger partial charge on any atom is -0.480 e. The number of carbonyl (C=O) groups excluding carboxylic acids is 2. The van der Waals surface area contributed by atoms with Crippen molar-refractivity contribution >= 4 is 28.8 Å². The molecule has 130 valence electrons. The van der Waals surface area contributed by atoms with Crippen LogP contribution in [0.5, 0.6) is 0 Å². The summed E-state index contributed by atoms with van der Waals surface area (Å²) in [5.41, 5.74) is 0.601. The number of carbonyl (C=O) groups is 3. The Morgan fingerprint density at radius 2 is 1.83 bits per heavy atom. The van der Waals surface area contributed by atoms with E-state index in [4.69, 9.17) is 5.11 Å². The maximum atomic E-state index is 12.6. The predicted molar refractivity (Wildman–Crippen MR) is 92.6 cm³/mol. The first-order valence-electron chi connectivity index (χ1n) is 7.99. The van der Waals surface area contributed by atoms with Gasteiger partial charge in [0, 0.05) is 30.3 Å². The molecule has 7 heteroatoms. The van der Waals surface area contributed by atoms with Crippen LogP contribution in [-0.2, 0) is 9.59 Å². The summed E-state index contributed by atoms with van der Waals surface area (Å²) in [4.78, 5) is 35.8. The summed E-state index contributed by atoms with van der Waals surface area (Å²) in [6.07, 6.45) is 1.91. The molecule has 0 aromatic heterocycles. The lowest BCUT2D eigenvalue weighted by Crippen LogP contribution is -2.49. The van der Waals surface area contributed by atoms with Crippen LogP contribution in [0.25, 0.3) is 0 Å². The van der Waals surface area contributed by atoms with Gasteiger partial charge in [-0.1, -0.05) is 49.0 Å². The number of hydrogen-bond acceptors (Lipinski definition) is 5.